The van der Waals surface area contributed by atoms with Crippen LogP contribution in [0.25, 0.3) is 6.08 Å². The number of benzene rings is 2. The third-order valence-corrected chi connectivity index (χ3v) is 6.61. The fourth-order valence-electron chi connectivity index (χ4n) is 4.45. The fraction of sp³-hybridized carbons (Fsp3) is 0.357. The average Bonchev–Trinajstić information content (AvgIpc) is 2.84. The first-order valence-electron chi connectivity index (χ1n) is 12.1. The number of carbonyl (C=O) groups is 3. The molecule has 0 aromatic heterocycles. The molecule has 1 heterocycles. The number of nitrogens with two attached hydrogens (primary N) is 1. The summed E-state index contributed by atoms with van der Waals surface area (Å²) in [5.74, 6) is -1.91. The van der Waals surface area contributed by atoms with E-state index < -0.39 is 17.4 Å². The Balaban J connectivity index is 1.80. The molecule has 1 saturated heterocycles. The lowest BCUT2D eigenvalue weighted by Crippen LogP contribution is -2.55. The molecule has 1 fully saturated rings. The van der Waals surface area contributed by atoms with Crippen molar-refractivity contribution in [3.8, 4) is 0 Å². The summed E-state index contributed by atoms with van der Waals surface area (Å²) in [6, 6.07) is 16.1. The van der Waals surface area contributed by atoms with E-state index in [2.05, 4.69) is 5.32 Å². The van der Waals surface area contributed by atoms with E-state index in [-0.39, 0.29) is 30.0 Å². The van der Waals surface area contributed by atoms with Crippen LogP contribution < -0.4 is 11.1 Å². The summed E-state index contributed by atoms with van der Waals surface area (Å²) in [7, 11) is 0. The van der Waals surface area contributed by atoms with Crippen LogP contribution in [0, 0.1) is 17.2 Å². The Morgan fingerprint density at radius 1 is 1.08 bits per heavy atom. The zero-order valence-electron chi connectivity index (χ0n) is 20.7. The molecule has 1 aliphatic heterocycles. The maximum absolute atomic E-state index is 13.7. The van der Waals surface area contributed by atoms with Gasteiger partial charge in [-0.15, -0.1) is 0 Å². The molecule has 0 bridgehead atoms. The van der Waals surface area contributed by atoms with E-state index in [0.29, 0.717) is 37.1 Å². The average molecular weight is 491 g/mol. The molecule has 0 aliphatic carbocycles. The van der Waals surface area contributed by atoms with Crippen LogP contribution in [-0.2, 0) is 9.59 Å². The SMILES string of the molecule is CC(C)(NC(=O)c1ccc(C(=N)N)cc1)C(C=Cc1ccccc1)C(=O)N1CCC(CC(=O)O)CC1. The normalized spacial score (nSPS) is 15.4. The summed E-state index contributed by atoms with van der Waals surface area (Å²) in [5.41, 5.74) is 6.45. The van der Waals surface area contributed by atoms with Crippen molar-refractivity contribution in [1.82, 2.24) is 10.2 Å². The van der Waals surface area contributed by atoms with Crippen molar-refractivity contribution >= 4 is 29.7 Å². The van der Waals surface area contributed by atoms with Gasteiger partial charge >= 0.3 is 5.97 Å². The van der Waals surface area contributed by atoms with E-state index in [4.69, 9.17) is 16.2 Å². The molecule has 0 radical (unpaired) electrons. The first kappa shape index (κ1) is 26.7. The highest BCUT2D eigenvalue weighted by Gasteiger charge is 2.38. The van der Waals surface area contributed by atoms with E-state index in [1.54, 1.807) is 29.2 Å². The lowest BCUT2D eigenvalue weighted by Gasteiger charge is -2.38. The van der Waals surface area contributed by atoms with Crippen molar-refractivity contribution in [2.24, 2.45) is 17.6 Å². The number of likely N-dealkylation sites (tertiary alicyclic amines) is 1. The van der Waals surface area contributed by atoms with Gasteiger partial charge in [0, 0.05) is 36.2 Å². The molecule has 2 aromatic carbocycles. The van der Waals surface area contributed by atoms with Gasteiger partial charge in [0.05, 0.1) is 5.92 Å². The van der Waals surface area contributed by atoms with E-state index in [1.807, 2.05) is 56.3 Å². The van der Waals surface area contributed by atoms with Crippen LogP contribution in [0.3, 0.4) is 0 Å². The molecule has 1 unspecified atom stereocenters. The predicted molar refractivity (Wildman–Crippen MR) is 140 cm³/mol. The Morgan fingerprint density at radius 3 is 2.22 bits per heavy atom. The number of carbonyl (C=O) groups excluding carboxylic acids is 2. The monoisotopic (exact) mass is 490 g/mol. The van der Waals surface area contributed by atoms with Crippen LogP contribution in [0.1, 0.15) is 54.6 Å². The number of hydrogen-bond acceptors (Lipinski definition) is 4. The molecule has 8 nitrogen and oxygen atoms in total. The van der Waals surface area contributed by atoms with Crippen molar-refractivity contribution in [3.63, 3.8) is 0 Å². The van der Waals surface area contributed by atoms with Crippen molar-refractivity contribution in [2.75, 3.05) is 13.1 Å². The smallest absolute Gasteiger partial charge is 0.303 e. The van der Waals surface area contributed by atoms with Crippen LogP contribution in [0.4, 0.5) is 0 Å². The molecule has 2 amide bonds. The zero-order chi connectivity index (χ0) is 26.3. The molecule has 0 spiro atoms. The summed E-state index contributed by atoms with van der Waals surface area (Å²) < 4.78 is 0. The number of carboxylic acid groups (broad SMARTS) is 1. The van der Waals surface area contributed by atoms with E-state index in [9.17, 15) is 14.4 Å². The van der Waals surface area contributed by atoms with Crippen molar-refractivity contribution in [2.45, 2.75) is 38.6 Å². The predicted octanol–water partition coefficient (Wildman–Crippen LogP) is 3.52. The number of nitrogens with one attached hydrogen (secondary N) is 2. The standard InChI is InChI=1S/C28H34N4O4/c1-28(2,31-26(35)22-11-9-21(10-12-22)25(29)30)23(13-8-19-6-4-3-5-7-19)27(36)32-16-14-20(15-17-32)18-24(33)34/h3-13,20,23H,14-18H2,1-2H3,(H3,29,30)(H,31,35)(H,33,34). The number of amides is 2. The Hall–Kier alpha value is -3.94. The minimum absolute atomic E-state index is 0.0653. The van der Waals surface area contributed by atoms with Crippen LogP contribution >= 0.6 is 0 Å². The summed E-state index contributed by atoms with van der Waals surface area (Å²) in [4.78, 5) is 39.6. The first-order chi connectivity index (χ1) is 17.1. The van der Waals surface area contributed by atoms with Gasteiger partial charge in [-0.3, -0.25) is 19.8 Å². The number of hydrogen-bond donors (Lipinski definition) is 4. The maximum Gasteiger partial charge on any atom is 0.303 e. The fourth-order valence-corrected chi connectivity index (χ4v) is 4.45. The third kappa shape index (κ3) is 7.04. The molecule has 1 atom stereocenters. The molecular weight excluding hydrogens is 456 g/mol. The second-order valence-electron chi connectivity index (χ2n) is 9.78. The van der Waals surface area contributed by atoms with Crippen molar-refractivity contribution in [3.05, 3.63) is 77.4 Å². The van der Waals surface area contributed by atoms with E-state index in [1.165, 1.54) is 0 Å². The number of carboxylic acids is 1. The first-order valence-corrected chi connectivity index (χ1v) is 12.1. The summed E-state index contributed by atoms with van der Waals surface area (Å²) >= 11 is 0. The van der Waals surface area contributed by atoms with E-state index >= 15 is 0 Å². The summed E-state index contributed by atoms with van der Waals surface area (Å²) in [5, 5.41) is 19.6. The number of piperidine rings is 1. The van der Waals surface area contributed by atoms with Gasteiger partial charge < -0.3 is 21.1 Å². The quantitative estimate of drug-likeness (QED) is 0.315. The number of amidine groups is 1. The number of nitrogens with zero attached hydrogens (tertiary/aromatic N) is 1. The number of nitrogen functional groups attached to an aromatic ring is 1. The lowest BCUT2D eigenvalue weighted by atomic mass is 9.83. The lowest BCUT2D eigenvalue weighted by molar-refractivity contribution is -0.139. The third-order valence-electron chi connectivity index (χ3n) is 6.61. The van der Waals surface area contributed by atoms with Crippen molar-refractivity contribution in [1.29, 1.82) is 5.41 Å². The van der Waals surface area contributed by atoms with Gasteiger partial charge in [0.25, 0.3) is 5.91 Å². The highest BCUT2D eigenvalue weighted by Crippen LogP contribution is 2.27. The minimum atomic E-state index is -0.920. The zero-order valence-corrected chi connectivity index (χ0v) is 20.7. The highest BCUT2D eigenvalue weighted by atomic mass is 16.4. The Labute approximate surface area is 211 Å². The summed E-state index contributed by atoms with van der Waals surface area (Å²) in [6.45, 7) is 4.62. The second-order valence-corrected chi connectivity index (χ2v) is 9.78. The second kappa shape index (κ2) is 11.7. The maximum atomic E-state index is 13.7. The molecule has 1 aliphatic rings. The Kier molecular flexibility index (Phi) is 8.64. The largest absolute Gasteiger partial charge is 0.481 e. The molecule has 0 saturated carbocycles. The van der Waals surface area contributed by atoms with Crippen LogP contribution in [0.15, 0.2) is 60.7 Å². The highest BCUT2D eigenvalue weighted by molar-refractivity contribution is 5.98. The van der Waals surface area contributed by atoms with Gasteiger partial charge in [-0.25, -0.2) is 0 Å². The van der Waals surface area contributed by atoms with Gasteiger partial charge in [0.1, 0.15) is 5.84 Å². The Morgan fingerprint density at radius 2 is 1.67 bits per heavy atom. The number of rotatable bonds is 9. The van der Waals surface area contributed by atoms with E-state index in [0.717, 1.165) is 5.56 Å². The molecule has 3 rings (SSSR count). The molecule has 190 valence electrons. The summed E-state index contributed by atoms with van der Waals surface area (Å²) in [6.07, 6.45) is 5.11. The van der Waals surface area contributed by atoms with Gasteiger partial charge in [-0.2, -0.15) is 0 Å². The van der Waals surface area contributed by atoms with Crippen LogP contribution in [-0.4, -0.2) is 52.3 Å². The molecule has 8 heteroatoms. The topological polar surface area (TPSA) is 137 Å². The van der Waals surface area contributed by atoms with Crippen molar-refractivity contribution < 1.29 is 19.5 Å². The van der Waals surface area contributed by atoms with Gasteiger partial charge in [-0.05, 0) is 50.3 Å². The van der Waals surface area contributed by atoms with Crippen LogP contribution in [0.5, 0.6) is 0 Å². The van der Waals surface area contributed by atoms with Gasteiger partial charge in [-0.1, -0.05) is 54.6 Å². The molecule has 2 aromatic rings. The molecular formula is C28H34N4O4. The minimum Gasteiger partial charge on any atom is -0.481 e. The number of aliphatic carboxylic acids is 1. The Bertz CT molecular complexity index is 1120. The molecule has 36 heavy (non-hydrogen) atoms. The molecule has 5 N–H and O–H groups in total. The van der Waals surface area contributed by atoms with Gasteiger partial charge in [0.2, 0.25) is 5.91 Å². The van der Waals surface area contributed by atoms with Crippen LogP contribution in [0.2, 0.25) is 0 Å². The van der Waals surface area contributed by atoms with Gasteiger partial charge in [0.15, 0.2) is 0 Å².